The predicted molar refractivity (Wildman–Crippen MR) is 94.3 cm³/mol. The molecule has 0 aromatic heterocycles. The zero-order chi connectivity index (χ0) is 19.4. The van der Waals surface area contributed by atoms with Gasteiger partial charge in [-0.2, -0.15) is 13.2 Å². The molecule has 0 saturated carbocycles. The maximum absolute atomic E-state index is 12.5. The molecule has 0 fully saturated rings. The second kappa shape index (κ2) is 8.08. The first-order chi connectivity index (χ1) is 12.8. The summed E-state index contributed by atoms with van der Waals surface area (Å²) in [7, 11) is 0. The minimum Gasteiger partial charge on any atom is -0.486 e. The number of nitrogens with one attached hydrogen (secondary N) is 1. The van der Waals surface area contributed by atoms with Gasteiger partial charge in [-0.25, -0.2) is 0 Å². The summed E-state index contributed by atoms with van der Waals surface area (Å²) in [5, 5.41) is 3.14. The Kier molecular flexibility index (Phi) is 5.79. The normalized spacial score (nSPS) is 13.3. The average molecular weight is 400 g/mol. The van der Waals surface area contributed by atoms with Crippen LogP contribution in [0, 0.1) is 0 Å². The Morgan fingerprint density at radius 2 is 1.78 bits per heavy atom. The largest absolute Gasteiger partial charge is 0.486 e. The monoisotopic (exact) mass is 399 g/mol. The third-order valence-corrected chi connectivity index (χ3v) is 4.32. The number of alkyl halides is 3. The molecule has 0 unspecified atom stereocenters. The zero-order valence-corrected chi connectivity index (χ0v) is 15.0. The molecule has 2 aromatic carbocycles. The maximum Gasteiger partial charge on any atom is 0.416 e. The third-order valence-electron chi connectivity index (χ3n) is 4.04. The van der Waals surface area contributed by atoms with E-state index in [1.54, 1.807) is 12.1 Å². The van der Waals surface area contributed by atoms with Crippen molar-refractivity contribution in [3.05, 3.63) is 58.1 Å². The fourth-order valence-electron chi connectivity index (χ4n) is 2.72. The zero-order valence-electron chi connectivity index (χ0n) is 14.2. The number of benzene rings is 2. The Bertz CT molecular complexity index is 822. The fourth-order valence-corrected chi connectivity index (χ4v) is 3.01. The molecular formula is C19H17ClF3NO3. The Labute approximate surface area is 159 Å². The van der Waals surface area contributed by atoms with Gasteiger partial charge in [0.15, 0.2) is 11.5 Å². The number of hydrogen-bond acceptors (Lipinski definition) is 3. The highest BCUT2D eigenvalue weighted by molar-refractivity contribution is 6.32. The lowest BCUT2D eigenvalue weighted by Crippen LogP contribution is -2.27. The molecule has 27 heavy (non-hydrogen) atoms. The molecule has 1 heterocycles. The van der Waals surface area contributed by atoms with E-state index in [1.165, 1.54) is 12.1 Å². The molecule has 3 rings (SSSR count). The van der Waals surface area contributed by atoms with Crippen LogP contribution in [-0.2, 0) is 23.8 Å². The molecule has 4 nitrogen and oxygen atoms in total. The number of carbonyl (C=O) groups is 1. The lowest BCUT2D eigenvalue weighted by molar-refractivity contribution is -0.137. The van der Waals surface area contributed by atoms with E-state index in [4.69, 9.17) is 21.1 Å². The predicted octanol–water partition coefficient (Wildman–Crippen LogP) is 4.03. The minimum atomic E-state index is -4.35. The highest BCUT2D eigenvalue weighted by Crippen LogP contribution is 2.38. The van der Waals surface area contributed by atoms with Gasteiger partial charge in [0.05, 0.1) is 17.0 Å². The van der Waals surface area contributed by atoms with E-state index in [9.17, 15) is 18.0 Å². The number of carbonyl (C=O) groups excluding carboxylic acids is 1. The standard InChI is InChI=1S/C19H17ClF3NO3/c20-15-9-13(10-16-18(15)27-8-7-26-16)11-17(25)24-6-5-12-1-3-14(4-2-12)19(21,22)23/h1-4,9-10H,5-8,11H2,(H,24,25). The van der Waals surface area contributed by atoms with E-state index in [1.807, 2.05) is 0 Å². The van der Waals surface area contributed by atoms with Gasteiger partial charge in [-0.1, -0.05) is 23.7 Å². The van der Waals surface area contributed by atoms with Crippen molar-refractivity contribution in [3.63, 3.8) is 0 Å². The summed E-state index contributed by atoms with van der Waals surface area (Å²) < 4.78 is 48.5. The van der Waals surface area contributed by atoms with Crippen molar-refractivity contribution in [1.29, 1.82) is 0 Å². The SMILES string of the molecule is O=C(Cc1cc(Cl)c2c(c1)OCCO2)NCCc1ccc(C(F)(F)F)cc1. The molecule has 8 heteroatoms. The van der Waals surface area contributed by atoms with Crippen LogP contribution in [0.15, 0.2) is 36.4 Å². The van der Waals surface area contributed by atoms with Gasteiger partial charge in [-0.15, -0.1) is 0 Å². The Morgan fingerprint density at radius 3 is 2.48 bits per heavy atom. The van der Waals surface area contributed by atoms with Crippen LogP contribution in [0.3, 0.4) is 0 Å². The summed E-state index contributed by atoms with van der Waals surface area (Å²) in [6, 6.07) is 8.27. The average Bonchev–Trinajstić information content (AvgIpc) is 2.61. The summed E-state index contributed by atoms with van der Waals surface area (Å²) in [6.07, 6.45) is -3.80. The van der Waals surface area contributed by atoms with E-state index >= 15 is 0 Å². The van der Waals surface area contributed by atoms with Crippen LogP contribution in [-0.4, -0.2) is 25.7 Å². The number of hydrogen-bond donors (Lipinski definition) is 1. The van der Waals surface area contributed by atoms with Gasteiger partial charge in [0.1, 0.15) is 13.2 Å². The summed E-state index contributed by atoms with van der Waals surface area (Å²) in [5.74, 6) is 0.783. The summed E-state index contributed by atoms with van der Waals surface area (Å²) in [4.78, 5) is 12.1. The van der Waals surface area contributed by atoms with Crippen molar-refractivity contribution in [2.24, 2.45) is 0 Å². The van der Waals surface area contributed by atoms with E-state index < -0.39 is 11.7 Å². The van der Waals surface area contributed by atoms with Crippen LogP contribution in [0.1, 0.15) is 16.7 Å². The van der Waals surface area contributed by atoms with Crippen LogP contribution in [0.5, 0.6) is 11.5 Å². The molecule has 1 N–H and O–H groups in total. The molecule has 0 spiro atoms. The van der Waals surface area contributed by atoms with Crippen molar-refractivity contribution < 1.29 is 27.4 Å². The summed E-state index contributed by atoms with van der Waals surface area (Å²) in [6.45, 7) is 1.17. The Morgan fingerprint density at radius 1 is 1.07 bits per heavy atom. The van der Waals surface area contributed by atoms with E-state index in [0.29, 0.717) is 53.8 Å². The second-order valence-electron chi connectivity index (χ2n) is 6.07. The summed E-state index contributed by atoms with van der Waals surface area (Å²) >= 11 is 6.14. The Hall–Kier alpha value is -2.41. The van der Waals surface area contributed by atoms with Crippen LogP contribution in [0.25, 0.3) is 0 Å². The van der Waals surface area contributed by atoms with Crippen LogP contribution in [0.4, 0.5) is 13.2 Å². The molecule has 0 radical (unpaired) electrons. The van der Waals surface area contributed by atoms with E-state index in [-0.39, 0.29) is 12.3 Å². The van der Waals surface area contributed by atoms with Crippen molar-refractivity contribution in [2.45, 2.75) is 19.0 Å². The van der Waals surface area contributed by atoms with Gasteiger partial charge in [0.2, 0.25) is 5.91 Å². The first kappa shape index (κ1) is 19.4. The van der Waals surface area contributed by atoms with Gasteiger partial charge >= 0.3 is 6.18 Å². The summed E-state index contributed by atoms with van der Waals surface area (Å²) in [5.41, 5.74) is 0.715. The highest BCUT2D eigenvalue weighted by Gasteiger charge is 2.29. The van der Waals surface area contributed by atoms with Gasteiger partial charge in [-0.05, 0) is 41.8 Å². The second-order valence-corrected chi connectivity index (χ2v) is 6.48. The number of fused-ring (bicyclic) bond motifs is 1. The van der Waals surface area contributed by atoms with Crippen molar-refractivity contribution in [1.82, 2.24) is 5.32 Å². The molecule has 0 atom stereocenters. The first-order valence-corrected chi connectivity index (χ1v) is 8.71. The molecule has 0 aliphatic carbocycles. The number of amides is 1. The van der Waals surface area contributed by atoms with Crippen LogP contribution >= 0.6 is 11.6 Å². The van der Waals surface area contributed by atoms with Crippen molar-refractivity contribution in [2.75, 3.05) is 19.8 Å². The molecule has 1 aliphatic heterocycles. The number of rotatable bonds is 5. The van der Waals surface area contributed by atoms with Gasteiger partial charge in [0, 0.05) is 6.54 Å². The van der Waals surface area contributed by atoms with Crippen LogP contribution < -0.4 is 14.8 Å². The lowest BCUT2D eigenvalue weighted by atomic mass is 10.1. The molecule has 1 aliphatic rings. The lowest BCUT2D eigenvalue weighted by Gasteiger charge is -2.20. The molecule has 2 aromatic rings. The van der Waals surface area contributed by atoms with Crippen LogP contribution in [0.2, 0.25) is 5.02 Å². The quantitative estimate of drug-likeness (QED) is 0.825. The highest BCUT2D eigenvalue weighted by atomic mass is 35.5. The van der Waals surface area contributed by atoms with Gasteiger partial charge in [-0.3, -0.25) is 4.79 Å². The molecular weight excluding hydrogens is 383 g/mol. The van der Waals surface area contributed by atoms with E-state index in [2.05, 4.69) is 5.32 Å². The number of ether oxygens (including phenoxy) is 2. The maximum atomic E-state index is 12.5. The first-order valence-electron chi connectivity index (χ1n) is 8.34. The molecule has 0 bridgehead atoms. The van der Waals surface area contributed by atoms with Gasteiger partial charge in [0.25, 0.3) is 0 Å². The smallest absolute Gasteiger partial charge is 0.416 e. The van der Waals surface area contributed by atoms with Crippen molar-refractivity contribution in [3.8, 4) is 11.5 Å². The molecule has 144 valence electrons. The minimum absolute atomic E-state index is 0.114. The molecule has 0 saturated heterocycles. The molecule has 1 amide bonds. The number of halogens is 4. The fraction of sp³-hybridized carbons (Fsp3) is 0.316. The Balaban J connectivity index is 1.51. The topological polar surface area (TPSA) is 47.6 Å². The van der Waals surface area contributed by atoms with E-state index in [0.717, 1.165) is 12.1 Å². The van der Waals surface area contributed by atoms with Crippen molar-refractivity contribution >= 4 is 17.5 Å². The third kappa shape index (κ3) is 5.07. The van der Waals surface area contributed by atoms with Gasteiger partial charge < -0.3 is 14.8 Å².